The van der Waals surface area contributed by atoms with Gasteiger partial charge in [-0.15, -0.1) is 0 Å². The topological polar surface area (TPSA) is 40.5 Å². The molecule has 0 bridgehead atoms. The van der Waals surface area contributed by atoms with Gasteiger partial charge >= 0.3 is 0 Å². The van der Waals surface area contributed by atoms with Gasteiger partial charge in [-0.1, -0.05) is 101 Å². The SMILES string of the molecule is OC(C#CC(O)(c1ccccc1)c1ccc(Br)cc1)c1ccccc1. The minimum Gasteiger partial charge on any atom is -0.376 e. The first-order valence-corrected chi connectivity index (χ1v) is 8.68. The third-order valence-electron chi connectivity index (χ3n) is 3.96. The van der Waals surface area contributed by atoms with Crippen LogP contribution in [0.3, 0.4) is 0 Å². The molecular formula is C22H17BrO2. The van der Waals surface area contributed by atoms with Crippen molar-refractivity contribution in [3.05, 3.63) is 106 Å². The maximum Gasteiger partial charge on any atom is 0.176 e. The molecular weight excluding hydrogens is 376 g/mol. The minimum absolute atomic E-state index is 0.648. The van der Waals surface area contributed by atoms with Gasteiger partial charge in [-0.25, -0.2) is 0 Å². The van der Waals surface area contributed by atoms with Gasteiger partial charge in [0, 0.05) is 15.6 Å². The molecule has 25 heavy (non-hydrogen) atoms. The molecule has 0 aromatic heterocycles. The summed E-state index contributed by atoms with van der Waals surface area (Å²) in [7, 11) is 0. The van der Waals surface area contributed by atoms with Crippen LogP contribution in [-0.2, 0) is 5.60 Å². The van der Waals surface area contributed by atoms with Crippen LogP contribution >= 0.6 is 15.9 Å². The van der Waals surface area contributed by atoms with Gasteiger partial charge in [0.2, 0.25) is 0 Å². The van der Waals surface area contributed by atoms with Crippen LogP contribution in [-0.4, -0.2) is 10.2 Å². The van der Waals surface area contributed by atoms with Gasteiger partial charge in [-0.2, -0.15) is 0 Å². The molecule has 0 aliphatic carbocycles. The lowest BCUT2D eigenvalue weighted by atomic mass is 9.86. The Hall–Kier alpha value is -2.38. The number of halogens is 1. The van der Waals surface area contributed by atoms with Crippen LogP contribution in [0.2, 0.25) is 0 Å². The number of hydrogen-bond donors (Lipinski definition) is 2. The summed E-state index contributed by atoms with van der Waals surface area (Å²) in [5.74, 6) is 5.68. The largest absolute Gasteiger partial charge is 0.376 e. The van der Waals surface area contributed by atoms with E-state index in [1.807, 2.05) is 72.8 Å². The highest BCUT2D eigenvalue weighted by molar-refractivity contribution is 9.10. The van der Waals surface area contributed by atoms with E-state index in [1.165, 1.54) is 0 Å². The molecule has 2 N–H and O–H groups in total. The van der Waals surface area contributed by atoms with Crippen molar-refractivity contribution in [3.63, 3.8) is 0 Å². The maximum absolute atomic E-state index is 11.3. The highest BCUT2D eigenvalue weighted by Gasteiger charge is 2.29. The molecule has 2 atom stereocenters. The van der Waals surface area contributed by atoms with Crippen molar-refractivity contribution in [2.24, 2.45) is 0 Å². The molecule has 0 saturated heterocycles. The smallest absolute Gasteiger partial charge is 0.176 e. The Morgan fingerprint density at radius 1 is 0.760 bits per heavy atom. The summed E-state index contributed by atoms with van der Waals surface area (Å²) in [6.45, 7) is 0. The molecule has 0 heterocycles. The van der Waals surface area contributed by atoms with Crippen molar-refractivity contribution in [3.8, 4) is 11.8 Å². The summed E-state index contributed by atoms with van der Waals surface area (Å²) >= 11 is 3.40. The first kappa shape index (κ1) is 17.4. The molecule has 3 rings (SSSR count). The number of aliphatic hydroxyl groups is 2. The summed E-state index contributed by atoms with van der Waals surface area (Å²) in [6.07, 6.45) is -0.966. The van der Waals surface area contributed by atoms with E-state index in [0.29, 0.717) is 16.7 Å². The Balaban J connectivity index is 2.04. The van der Waals surface area contributed by atoms with E-state index in [9.17, 15) is 10.2 Å². The molecule has 0 amide bonds. The van der Waals surface area contributed by atoms with Crippen molar-refractivity contribution in [1.82, 2.24) is 0 Å². The zero-order valence-corrected chi connectivity index (χ0v) is 15.0. The van der Waals surface area contributed by atoms with Gasteiger partial charge < -0.3 is 10.2 Å². The summed E-state index contributed by atoms with van der Waals surface area (Å²) in [4.78, 5) is 0. The van der Waals surface area contributed by atoms with Crippen LogP contribution in [0.5, 0.6) is 0 Å². The van der Waals surface area contributed by atoms with Crippen molar-refractivity contribution in [2.45, 2.75) is 11.7 Å². The lowest BCUT2D eigenvalue weighted by molar-refractivity contribution is 0.144. The van der Waals surface area contributed by atoms with E-state index in [1.54, 1.807) is 12.1 Å². The minimum atomic E-state index is -1.50. The first-order valence-electron chi connectivity index (χ1n) is 7.89. The normalized spacial score (nSPS) is 14.0. The molecule has 2 nitrogen and oxygen atoms in total. The average molecular weight is 393 g/mol. The van der Waals surface area contributed by atoms with E-state index in [4.69, 9.17) is 0 Å². The number of aliphatic hydroxyl groups excluding tert-OH is 1. The fraction of sp³-hybridized carbons (Fsp3) is 0.0909. The molecule has 0 aliphatic rings. The number of hydrogen-bond acceptors (Lipinski definition) is 2. The Bertz CT molecular complexity index is 880. The second kappa shape index (κ2) is 7.67. The Labute approximate surface area is 155 Å². The molecule has 3 aromatic carbocycles. The molecule has 0 radical (unpaired) electrons. The van der Waals surface area contributed by atoms with Gasteiger partial charge in [0.05, 0.1) is 0 Å². The third-order valence-corrected chi connectivity index (χ3v) is 4.49. The average Bonchev–Trinajstić information content (AvgIpc) is 2.68. The molecule has 0 fully saturated rings. The highest BCUT2D eigenvalue weighted by Crippen LogP contribution is 2.30. The Morgan fingerprint density at radius 2 is 1.28 bits per heavy atom. The van der Waals surface area contributed by atoms with Crippen LogP contribution in [0, 0.1) is 11.8 Å². The van der Waals surface area contributed by atoms with E-state index in [0.717, 1.165) is 4.47 Å². The van der Waals surface area contributed by atoms with Crippen LogP contribution in [0.1, 0.15) is 22.8 Å². The Morgan fingerprint density at radius 3 is 1.88 bits per heavy atom. The summed E-state index contributed by atoms with van der Waals surface area (Å²) in [6, 6.07) is 25.8. The van der Waals surface area contributed by atoms with Crippen molar-refractivity contribution < 1.29 is 10.2 Å². The predicted molar refractivity (Wildman–Crippen MR) is 103 cm³/mol. The summed E-state index contributed by atoms with van der Waals surface area (Å²) in [5, 5.41) is 21.7. The second-order valence-corrected chi connectivity index (χ2v) is 6.58. The Kier molecular flexibility index (Phi) is 5.35. The second-order valence-electron chi connectivity index (χ2n) is 5.67. The fourth-order valence-corrected chi connectivity index (χ4v) is 2.84. The summed E-state index contributed by atoms with van der Waals surface area (Å²) < 4.78 is 0.920. The quantitative estimate of drug-likeness (QED) is 0.647. The molecule has 0 aliphatic heterocycles. The van der Waals surface area contributed by atoms with E-state index >= 15 is 0 Å². The van der Waals surface area contributed by atoms with Crippen LogP contribution in [0.4, 0.5) is 0 Å². The van der Waals surface area contributed by atoms with Crippen LogP contribution in [0.25, 0.3) is 0 Å². The van der Waals surface area contributed by atoms with Gasteiger partial charge in [-0.3, -0.25) is 0 Å². The van der Waals surface area contributed by atoms with Crippen LogP contribution < -0.4 is 0 Å². The van der Waals surface area contributed by atoms with E-state index in [-0.39, 0.29) is 0 Å². The fourth-order valence-electron chi connectivity index (χ4n) is 2.57. The van der Waals surface area contributed by atoms with Gasteiger partial charge in [0.15, 0.2) is 5.60 Å². The van der Waals surface area contributed by atoms with Crippen molar-refractivity contribution >= 4 is 15.9 Å². The monoisotopic (exact) mass is 392 g/mol. The van der Waals surface area contributed by atoms with E-state index in [2.05, 4.69) is 27.8 Å². The maximum atomic E-state index is 11.3. The standard InChI is InChI=1S/C22H17BrO2/c23-20-13-11-19(12-14-20)22(25,18-9-5-2-6-10-18)16-15-21(24)17-7-3-1-4-8-17/h1-14,21,24-25H. The summed E-state index contributed by atoms with van der Waals surface area (Å²) in [5.41, 5.74) is 0.499. The van der Waals surface area contributed by atoms with Crippen LogP contribution in [0.15, 0.2) is 89.4 Å². The number of benzene rings is 3. The lowest BCUT2D eigenvalue weighted by Gasteiger charge is -2.24. The van der Waals surface area contributed by atoms with Gasteiger partial charge in [0.1, 0.15) is 6.10 Å². The zero-order valence-electron chi connectivity index (χ0n) is 13.4. The molecule has 2 unspecified atom stereocenters. The predicted octanol–water partition coefficient (Wildman–Crippen LogP) is 4.42. The van der Waals surface area contributed by atoms with Crippen molar-refractivity contribution in [2.75, 3.05) is 0 Å². The third kappa shape index (κ3) is 4.00. The lowest BCUT2D eigenvalue weighted by Crippen LogP contribution is -2.25. The first-order chi connectivity index (χ1) is 12.1. The molecule has 3 heteroatoms. The van der Waals surface area contributed by atoms with E-state index < -0.39 is 11.7 Å². The highest BCUT2D eigenvalue weighted by atomic mass is 79.9. The molecule has 0 spiro atoms. The molecule has 3 aromatic rings. The van der Waals surface area contributed by atoms with Gasteiger partial charge in [0.25, 0.3) is 0 Å². The van der Waals surface area contributed by atoms with Gasteiger partial charge in [-0.05, 0) is 17.7 Å². The zero-order chi connectivity index (χ0) is 17.7. The molecule has 0 saturated carbocycles. The number of rotatable bonds is 3. The van der Waals surface area contributed by atoms with Crippen molar-refractivity contribution in [1.29, 1.82) is 0 Å². The molecule has 124 valence electrons.